The highest BCUT2D eigenvalue weighted by Crippen LogP contribution is 2.52. The second-order valence-electron chi connectivity index (χ2n) is 8.92. The molecule has 1 aromatic rings. The normalized spacial score (nSPS) is 32.2. The molecule has 4 N–H and O–H groups in total. The summed E-state index contributed by atoms with van der Waals surface area (Å²) in [6.07, 6.45) is 8.70. The number of amides is 2. The zero-order chi connectivity index (χ0) is 20.3. The second-order valence-corrected chi connectivity index (χ2v) is 8.92. The molecule has 1 atom stereocenters. The van der Waals surface area contributed by atoms with Crippen LogP contribution < -0.4 is 16.4 Å². The van der Waals surface area contributed by atoms with Gasteiger partial charge in [-0.15, -0.1) is 0 Å². The molecule has 2 aliphatic heterocycles. The molecule has 0 aromatic carbocycles. The topological polar surface area (TPSA) is 100 Å². The molecule has 1 aromatic heterocycles. The zero-order valence-electron chi connectivity index (χ0n) is 16.9. The van der Waals surface area contributed by atoms with Crippen molar-refractivity contribution in [1.29, 1.82) is 0 Å². The van der Waals surface area contributed by atoms with Crippen LogP contribution >= 0.6 is 0 Å². The number of nitrogens with two attached hydrogens (primary N) is 1. The van der Waals surface area contributed by atoms with Gasteiger partial charge in [0.25, 0.3) is 5.91 Å². The number of pyridine rings is 1. The van der Waals surface area contributed by atoms with Gasteiger partial charge >= 0.3 is 0 Å². The molecule has 6 rings (SSSR count). The first-order valence-corrected chi connectivity index (χ1v) is 10.4. The number of fused-ring (bicyclic) bond motifs is 3. The van der Waals surface area contributed by atoms with Gasteiger partial charge in [-0.1, -0.05) is 0 Å². The van der Waals surface area contributed by atoms with Crippen LogP contribution in [-0.4, -0.2) is 27.9 Å². The summed E-state index contributed by atoms with van der Waals surface area (Å²) in [6, 6.07) is 1.83. The highest BCUT2D eigenvalue weighted by atomic mass is 16.2. The molecule has 1 unspecified atom stereocenters. The van der Waals surface area contributed by atoms with Crippen LogP contribution in [0.1, 0.15) is 51.5 Å². The van der Waals surface area contributed by atoms with E-state index in [1.54, 1.807) is 11.1 Å². The molecular weight excluding hydrogens is 366 g/mol. The van der Waals surface area contributed by atoms with E-state index in [2.05, 4.69) is 15.6 Å². The molecule has 3 aliphatic carbocycles. The molecule has 29 heavy (non-hydrogen) atoms. The third-order valence-corrected chi connectivity index (χ3v) is 7.40. The summed E-state index contributed by atoms with van der Waals surface area (Å²) in [5.41, 5.74) is 10.6. The Balaban J connectivity index is 1.56. The molecule has 7 nitrogen and oxygen atoms in total. The molecule has 3 saturated carbocycles. The van der Waals surface area contributed by atoms with Crippen LogP contribution in [0.2, 0.25) is 0 Å². The van der Waals surface area contributed by atoms with Gasteiger partial charge in [0.15, 0.2) is 0 Å². The van der Waals surface area contributed by atoms with E-state index >= 15 is 0 Å². The predicted molar refractivity (Wildman–Crippen MR) is 110 cm³/mol. The number of nitrogen functional groups attached to an aromatic ring is 1. The van der Waals surface area contributed by atoms with Gasteiger partial charge in [0.05, 0.1) is 0 Å². The van der Waals surface area contributed by atoms with E-state index in [0.717, 1.165) is 53.8 Å². The fourth-order valence-electron chi connectivity index (χ4n) is 5.94. The molecular formula is C22H27N5O2. The van der Waals surface area contributed by atoms with E-state index in [9.17, 15) is 9.59 Å². The van der Waals surface area contributed by atoms with Crippen molar-refractivity contribution in [2.24, 2.45) is 11.8 Å². The van der Waals surface area contributed by atoms with Gasteiger partial charge in [0.1, 0.15) is 17.2 Å². The Labute approximate surface area is 170 Å². The van der Waals surface area contributed by atoms with Crippen LogP contribution in [0.15, 0.2) is 34.8 Å². The zero-order valence-corrected chi connectivity index (χ0v) is 16.9. The van der Waals surface area contributed by atoms with Gasteiger partial charge < -0.3 is 16.4 Å². The summed E-state index contributed by atoms with van der Waals surface area (Å²) in [5, 5.41) is 6.63. The highest BCUT2D eigenvalue weighted by molar-refractivity contribution is 6.00. The van der Waals surface area contributed by atoms with Crippen LogP contribution in [0.4, 0.5) is 11.5 Å². The molecule has 4 fully saturated rings. The minimum absolute atomic E-state index is 0.135. The van der Waals surface area contributed by atoms with Crippen LogP contribution in [0.3, 0.4) is 0 Å². The van der Waals surface area contributed by atoms with Crippen LogP contribution in [0.25, 0.3) is 0 Å². The first kappa shape index (κ1) is 18.2. The van der Waals surface area contributed by atoms with E-state index in [0.29, 0.717) is 29.8 Å². The van der Waals surface area contributed by atoms with Gasteiger partial charge in [-0.2, -0.15) is 0 Å². The summed E-state index contributed by atoms with van der Waals surface area (Å²) in [4.78, 5) is 31.3. The number of allylic oxidation sites excluding steroid dienone is 3. The minimum atomic E-state index is -0.541. The monoisotopic (exact) mass is 393 g/mol. The lowest BCUT2D eigenvalue weighted by atomic mass is 9.64. The van der Waals surface area contributed by atoms with Crippen molar-refractivity contribution in [1.82, 2.24) is 15.2 Å². The van der Waals surface area contributed by atoms with Crippen molar-refractivity contribution in [2.75, 3.05) is 11.1 Å². The van der Waals surface area contributed by atoms with Crippen LogP contribution in [0, 0.1) is 11.8 Å². The van der Waals surface area contributed by atoms with Gasteiger partial charge in [-0.3, -0.25) is 14.5 Å². The molecule has 7 heteroatoms. The van der Waals surface area contributed by atoms with Gasteiger partial charge in [0.2, 0.25) is 6.41 Å². The molecule has 0 radical (unpaired) electrons. The Hall–Kier alpha value is -2.83. The van der Waals surface area contributed by atoms with Crippen molar-refractivity contribution < 1.29 is 9.59 Å². The number of hydrogen-bond acceptors (Lipinski definition) is 5. The molecule has 1 spiro atoms. The molecule has 5 aliphatic rings. The largest absolute Gasteiger partial charge is 0.384 e. The number of rotatable bonds is 2. The standard InChI is InChI=1S/C22H27N5O2/c1-12(17-7-15-10-24-19(23)8-18(15)25-13(17)2)20-21(29)26-22(27(20)11-28)9-14-3-5-16(22)6-4-14/h8,10-11,14,16,25H,3-7,9H2,1-2H3,(H2,23,24)(H,26,29)/b20-12-. The second kappa shape index (κ2) is 6.34. The Kier molecular flexibility index (Phi) is 3.98. The molecule has 2 amide bonds. The average molecular weight is 393 g/mol. The fourth-order valence-corrected chi connectivity index (χ4v) is 5.94. The lowest BCUT2D eigenvalue weighted by molar-refractivity contribution is -0.128. The molecule has 3 heterocycles. The highest BCUT2D eigenvalue weighted by Gasteiger charge is 2.57. The van der Waals surface area contributed by atoms with Crippen molar-refractivity contribution in [3.05, 3.63) is 40.4 Å². The minimum Gasteiger partial charge on any atom is -0.384 e. The molecule has 2 bridgehead atoms. The quantitative estimate of drug-likeness (QED) is 0.530. The predicted octanol–water partition coefficient (Wildman–Crippen LogP) is 2.67. The van der Waals surface area contributed by atoms with E-state index in [1.165, 1.54) is 12.8 Å². The van der Waals surface area contributed by atoms with E-state index < -0.39 is 5.66 Å². The van der Waals surface area contributed by atoms with Gasteiger partial charge in [0, 0.05) is 36.0 Å². The van der Waals surface area contributed by atoms with E-state index in [-0.39, 0.29) is 5.91 Å². The number of nitrogens with one attached hydrogen (secondary N) is 2. The Morgan fingerprint density at radius 2 is 2.10 bits per heavy atom. The molecule has 1 saturated heterocycles. The first-order valence-electron chi connectivity index (χ1n) is 10.4. The summed E-state index contributed by atoms with van der Waals surface area (Å²) >= 11 is 0. The third-order valence-electron chi connectivity index (χ3n) is 7.40. The van der Waals surface area contributed by atoms with E-state index in [4.69, 9.17) is 5.73 Å². The summed E-state index contributed by atoms with van der Waals surface area (Å²) < 4.78 is 0. The Bertz CT molecular complexity index is 973. The lowest BCUT2D eigenvalue weighted by Crippen LogP contribution is -2.61. The summed E-state index contributed by atoms with van der Waals surface area (Å²) in [5.74, 6) is 1.25. The van der Waals surface area contributed by atoms with Crippen molar-refractivity contribution in [3.63, 3.8) is 0 Å². The number of carbonyl (C=O) groups excluding carboxylic acids is 2. The first-order chi connectivity index (χ1) is 13.9. The Morgan fingerprint density at radius 3 is 2.76 bits per heavy atom. The third kappa shape index (κ3) is 2.59. The number of aromatic nitrogens is 1. The van der Waals surface area contributed by atoms with Crippen LogP contribution in [0.5, 0.6) is 0 Å². The maximum Gasteiger partial charge on any atom is 0.270 e. The smallest absolute Gasteiger partial charge is 0.270 e. The van der Waals surface area contributed by atoms with Gasteiger partial charge in [-0.25, -0.2) is 4.98 Å². The number of nitrogens with zero attached hydrogens (tertiary/aromatic N) is 2. The summed E-state index contributed by atoms with van der Waals surface area (Å²) in [7, 11) is 0. The van der Waals surface area contributed by atoms with Crippen LogP contribution in [-0.2, 0) is 16.0 Å². The maximum atomic E-state index is 13.1. The molecule has 152 valence electrons. The SMILES string of the molecule is CC1=C(/C(C)=C2/C(=O)NC3(CC4CCC3CC4)N2C=O)Cc2cnc(N)cc2N1. The summed E-state index contributed by atoms with van der Waals surface area (Å²) in [6.45, 7) is 3.94. The van der Waals surface area contributed by atoms with Crippen molar-refractivity contribution in [2.45, 2.75) is 58.0 Å². The number of anilines is 2. The number of carbonyl (C=O) groups is 2. The fraction of sp³-hybridized carbons (Fsp3) is 0.500. The maximum absolute atomic E-state index is 13.1. The van der Waals surface area contributed by atoms with Crippen molar-refractivity contribution in [3.8, 4) is 0 Å². The van der Waals surface area contributed by atoms with Gasteiger partial charge in [-0.05, 0) is 68.6 Å². The average Bonchev–Trinajstić information content (AvgIpc) is 2.98. The lowest BCUT2D eigenvalue weighted by Gasteiger charge is -2.52. The van der Waals surface area contributed by atoms with E-state index in [1.807, 2.05) is 19.9 Å². The Morgan fingerprint density at radius 1 is 1.34 bits per heavy atom. The van der Waals surface area contributed by atoms with Crippen molar-refractivity contribution >= 4 is 23.8 Å². The number of hydrogen-bond donors (Lipinski definition) is 3.